The Kier molecular flexibility index (Phi) is 4.40. The van der Waals surface area contributed by atoms with Gasteiger partial charge >= 0.3 is 0 Å². The summed E-state index contributed by atoms with van der Waals surface area (Å²) in [7, 11) is 0. The number of nitrogens with zero attached hydrogens (tertiary/aromatic N) is 1. The van der Waals surface area contributed by atoms with Crippen LogP contribution >= 0.6 is 0 Å². The number of rotatable bonds is 6. The highest BCUT2D eigenvalue weighted by Crippen LogP contribution is 2.02. The molecule has 1 heterocycles. The first-order valence-corrected chi connectivity index (χ1v) is 4.99. The molecule has 0 fully saturated rings. The van der Waals surface area contributed by atoms with E-state index in [2.05, 4.69) is 24.0 Å². The van der Waals surface area contributed by atoms with Crippen molar-refractivity contribution in [1.29, 1.82) is 0 Å². The Hall–Kier alpha value is -1.09. The quantitative estimate of drug-likeness (QED) is 0.707. The van der Waals surface area contributed by atoms with Crippen LogP contribution in [0.15, 0.2) is 23.2 Å². The zero-order chi connectivity index (χ0) is 10.4. The Labute approximate surface area is 85.2 Å². The lowest BCUT2D eigenvalue weighted by atomic mass is 10.2. The molecule has 14 heavy (non-hydrogen) atoms. The fourth-order valence-corrected chi connectivity index (χ4v) is 1.25. The van der Waals surface area contributed by atoms with E-state index in [1.54, 1.807) is 0 Å². The highest BCUT2D eigenvalue weighted by Gasteiger charge is 2.03. The zero-order valence-corrected chi connectivity index (χ0v) is 8.92. The van der Waals surface area contributed by atoms with E-state index in [0.717, 1.165) is 30.8 Å². The van der Waals surface area contributed by atoms with Gasteiger partial charge in [-0.2, -0.15) is 0 Å². The first-order chi connectivity index (χ1) is 6.72. The van der Waals surface area contributed by atoms with Crippen molar-refractivity contribution in [1.82, 2.24) is 10.5 Å². The average Bonchev–Trinajstić information content (AvgIpc) is 2.58. The summed E-state index contributed by atoms with van der Waals surface area (Å²) < 4.78 is 4.97. The van der Waals surface area contributed by atoms with Crippen LogP contribution in [0.25, 0.3) is 0 Å². The van der Waals surface area contributed by atoms with Crippen molar-refractivity contribution in [2.24, 2.45) is 0 Å². The molecule has 1 N–H and O–H groups in total. The van der Waals surface area contributed by atoms with E-state index in [9.17, 15) is 0 Å². The van der Waals surface area contributed by atoms with Gasteiger partial charge in [-0.3, -0.25) is 0 Å². The van der Waals surface area contributed by atoms with Crippen LogP contribution in [0.3, 0.4) is 0 Å². The van der Waals surface area contributed by atoms with Gasteiger partial charge in [0.1, 0.15) is 5.76 Å². The van der Waals surface area contributed by atoms with E-state index in [4.69, 9.17) is 4.52 Å². The molecule has 1 rings (SSSR count). The Morgan fingerprint density at radius 2 is 2.50 bits per heavy atom. The van der Waals surface area contributed by atoms with Crippen LogP contribution < -0.4 is 5.32 Å². The van der Waals surface area contributed by atoms with E-state index in [-0.39, 0.29) is 0 Å². The van der Waals surface area contributed by atoms with Crippen LogP contribution in [-0.2, 0) is 6.54 Å². The fraction of sp³-hybridized carbons (Fsp3) is 0.545. The van der Waals surface area contributed by atoms with Gasteiger partial charge in [-0.05, 0) is 26.7 Å². The molecule has 3 nitrogen and oxygen atoms in total. The molecule has 3 heteroatoms. The molecule has 0 radical (unpaired) electrons. The topological polar surface area (TPSA) is 38.1 Å². The van der Waals surface area contributed by atoms with E-state index >= 15 is 0 Å². The summed E-state index contributed by atoms with van der Waals surface area (Å²) in [5.41, 5.74) is 0.966. The van der Waals surface area contributed by atoms with Crippen molar-refractivity contribution in [3.05, 3.63) is 30.2 Å². The lowest BCUT2D eigenvalue weighted by Gasteiger charge is -2.10. The van der Waals surface area contributed by atoms with Crippen molar-refractivity contribution < 1.29 is 4.52 Å². The Bertz CT molecular complexity index is 281. The molecule has 0 bridgehead atoms. The summed E-state index contributed by atoms with van der Waals surface area (Å²) in [5.74, 6) is 0.862. The first kappa shape index (κ1) is 11.0. The highest BCUT2D eigenvalue weighted by molar-refractivity contribution is 5.03. The molecule has 0 aromatic carbocycles. The molecule has 0 saturated heterocycles. The van der Waals surface area contributed by atoms with E-state index in [1.807, 2.05) is 19.1 Å². The molecule has 1 atom stereocenters. The van der Waals surface area contributed by atoms with Gasteiger partial charge < -0.3 is 9.84 Å². The normalized spacial score (nSPS) is 12.7. The minimum Gasteiger partial charge on any atom is -0.361 e. The average molecular weight is 194 g/mol. The molecule has 0 aliphatic carbocycles. The summed E-state index contributed by atoms with van der Waals surface area (Å²) in [6.07, 6.45) is 4.10. The van der Waals surface area contributed by atoms with Crippen molar-refractivity contribution >= 4 is 0 Å². The number of allylic oxidation sites excluding steroid dienone is 1. The second kappa shape index (κ2) is 5.60. The van der Waals surface area contributed by atoms with Gasteiger partial charge in [0.15, 0.2) is 0 Å². The summed E-state index contributed by atoms with van der Waals surface area (Å²) >= 11 is 0. The van der Waals surface area contributed by atoms with E-state index in [0.29, 0.717) is 6.04 Å². The van der Waals surface area contributed by atoms with Gasteiger partial charge in [-0.15, -0.1) is 6.58 Å². The minimum absolute atomic E-state index is 0.491. The second-order valence-electron chi connectivity index (χ2n) is 3.58. The van der Waals surface area contributed by atoms with Crippen LogP contribution in [0.1, 0.15) is 31.2 Å². The molecule has 0 aliphatic rings. The molecule has 78 valence electrons. The van der Waals surface area contributed by atoms with Crippen molar-refractivity contribution in [3.8, 4) is 0 Å². The maximum atomic E-state index is 4.97. The lowest BCUT2D eigenvalue weighted by molar-refractivity contribution is 0.385. The molecular formula is C11H18N2O. The van der Waals surface area contributed by atoms with Crippen molar-refractivity contribution in [2.75, 3.05) is 0 Å². The van der Waals surface area contributed by atoms with Gasteiger partial charge in [0, 0.05) is 18.7 Å². The third kappa shape index (κ3) is 3.75. The molecule has 0 amide bonds. The van der Waals surface area contributed by atoms with Gasteiger partial charge in [0.25, 0.3) is 0 Å². The number of aryl methyl sites for hydroxylation is 1. The number of hydrogen-bond acceptors (Lipinski definition) is 3. The predicted molar refractivity (Wildman–Crippen MR) is 57.0 cm³/mol. The van der Waals surface area contributed by atoms with Gasteiger partial charge in [0.05, 0.1) is 5.69 Å². The van der Waals surface area contributed by atoms with Crippen LogP contribution in [0.2, 0.25) is 0 Å². The number of hydrogen-bond donors (Lipinski definition) is 1. The largest absolute Gasteiger partial charge is 0.361 e. The standard InChI is InChI=1S/C11H18N2O/c1-4-5-6-9(2)12-8-11-7-10(3)14-13-11/h4,7,9,12H,1,5-6,8H2,2-3H3. The molecule has 1 aromatic rings. The predicted octanol–water partition coefficient (Wildman–Crippen LogP) is 2.43. The second-order valence-corrected chi connectivity index (χ2v) is 3.58. The minimum atomic E-state index is 0.491. The number of nitrogens with one attached hydrogen (secondary N) is 1. The van der Waals surface area contributed by atoms with Gasteiger partial charge in [-0.1, -0.05) is 11.2 Å². The Balaban J connectivity index is 2.23. The smallest absolute Gasteiger partial charge is 0.133 e. The third-order valence-electron chi connectivity index (χ3n) is 2.11. The molecule has 0 spiro atoms. The SMILES string of the molecule is C=CCCC(C)NCc1cc(C)on1. The van der Waals surface area contributed by atoms with Crippen LogP contribution in [0.4, 0.5) is 0 Å². The van der Waals surface area contributed by atoms with E-state index in [1.165, 1.54) is 0 Å². The van der Waals surface area contributed by atoms with Crippen molar-refractivity contribution in [2.45, 2.75) is 39.3 Å². The Morgan fingerprint density at radius 3 is 3.07 bits per heavy atom. The molecular weight excluding hydrogens is 176 g/mol. The fourth-order valence-electron chi connectivity index (χ4n) is 1.25. The highest BCUT2D eigenvalue weighted by atomic mass is 16.5. The summed E-state index contributed by atoms with van der Waals surface area (Å²) in [6.45, 7) is 8.54. The Morgan fingerprint density at radius 1 is 1.71 bits per heavy atom. The van der Waals surface area contributed by atoms with Gasteiger partial charge in [-0.25, -0.2) is 0 Å². The first-order valence-electron chi connectivity index (χ1n) is 4.99. The van der Waals surface area contributed by atoms with E-state index < -0.39 is 0 Å². The van der Waals surface area contributed by atoms with Crippen LogP contribution in [0, 0.1) is 6.92 Å². The van der Waals surface area contributed by atoms with Crippen molar-refractivity contribution in [3.63, 3.8) is 0 Å². The number of aromatic nitrogens is 1. The monoisotopic (exact) mass is 194 g/mol. The molecule has 1 aromatic heterocycles. The summed E-state index contributed by atoms with van der Waals surface area (Å²) in [5, 5.41) is 7.29. The summed E-state index contributed by atoms with van der Waals surface area (Å²) in [6, 6.07) is 2.44. The van der Waals surface area contributed by atoms with Crippen LogP contribution in [0.5, 0.6) is 0 Å². The molecule has 0 aliphatic heterocycles. The maximum Gasteiger partial charge on any atom is 0.133 e. The van der Waals surface area contributed by atoms with Gasteiger partial charge in [0.2, 0.25) is 0 Å². The summed E-state index contributed by atoms with van der Waals surface area (Å²) in [4.78, 5) is 0. The lowest BCUT2D eigenvalue weighted by Crippen LogP contribution is -2.25. The molecule has 1 unspecified atom stereocenters. The van der Waals surface area contributed by atoms with Crippen LogP contribution in [-0.4, -0.2) is 11.2 Å². The molecule has 0 saturated carbocycles. The maximum absolute atomic E-state index is 4.97. The zero-order valence-electron chi connectivity index (χ0n) is 8.92. The third-order valence-corrected chi connectivity index (χ3v) is 2.11.